The Balaban J connectivity index is 2.98. The summed E-state index contributed by atoms with van der Waals surface area (Å²) in [5.74, 6) is 0.856. The van der Waals surface area contributed by atoms with Gasteiger partial charge in [0, 0.05) is 0 Å². The zero-order chi connectivity index (χ0) is 9.90. The molecule has 0 amide bonds. The summed E-state index contributed by atoms with van der Waals surface area (Å²) in [6.07, 6.45) is 0. The van der Waals surface area contributed by atoms with Crippen molar-refractivity contribution in [2.45, 2.75) is 6.55 Å². The first-order valence-corrected chi connectivity index (χ1v) is 7.66. The quantitative estimate of drug-likeness (QED) is 0.553. The van der Waals surface area contributed by atoms with E-state index in [1.165, 1.54) is 0 Å². The van der Waals surface area contributed by atoms with E-state index in [0.717, 1.165) is 10.9 Å². The number of hydrogen-bond acceptors (Lipinski definition) is 1. The van der Waals surface area contributed by atoms with E-state index in [2.05, 4.69) is 6.58 Å². The molecule has 1 nitrogen and oxygen atoms in total. The second-order valence-corrected chi connectivity index (χ2v) is 8.50. The molecule has 0 spiro atoms. The average molecular weight is 213 g/mol. The largest absolute Gasteiger partial charge is 0.497 e. The third-order valence-electron chi connectivity index (χ3n) is 2.04. The molecule has 1 unspecified atom stereocenters. The first-order chi connectivity index (χ1) is 6.10. The van der Waals surface area contributed by atoms with Crippen molar-refractivity contribution < 1.29 is 4.74 Å². The lowest BCUT2D eigenvalue weighted by Crippen LogP contribution is -2.36. The molecule has 0 fully saturated rings. The van der Waals surface area contributed by atoms with Gasteiger partial charge in [-0.25, -0.2) is 0 Å². The van der Waals surface area contributed by atoms with E-state index in [1.54, 1.807) is 7.11 Å². The molecule has 0 saturated carbocycles. The van der Waals surface area contributed by atoms with Gasteiger partial charge in [-0.05, 0) is 23.9 Å². The Morgan fingerprint density at radius 1 is 1.38 bits per heavy atom. The normalized spacial score (nSPS) is 14.7. The zero-order valence-corrected chi connectivity index (χ0v) is 9.64. The molecule has 0 aliphatic carbocycles. The van der Waals surface area contributed by atoms with Gasteiger partial charge in [0.2, 0.25) is 7.38 Å². The smallest absolute Gasteiger partial charge is 0.206 e. The van der Waals surface area contributed by atoms with Crippen LogP contribution in [0.1, 0.15) is 0 Å². The monoisotopic (exact) mass is 212 g/mol. The van der Waals surface area contributed by atoms with Crippen LogP contribution in [0.3, 0.4) is 0 Å². The number of rotatable bonds is 3. The zero-order valence-electron chi connectivity index (χ0n) is 7.88. The Labute approximate surface area is 84.7 Å². The number of methoxy groups -OCH3 is 1. The predicted octanol–water partition coefficient (Wildman–Crippen LogP) is 2.44. The van der Waals surface area contributed by atoms with Crippen LogP contribution in [0.5, 0.6) is 5.75 Å². The highest BCUT2D eigenvalue weighted by Gasteiger charge is 2.22. The lowest BCUT2D eigenvalue weighted by Gasteiger charge is -2.14. The Kier molecular flexibility index (Phi) is 3.17. The molecule has 1 aromatic rings. The van der Waals surface area contributed by atoms with Gasteiger partial charge in [-0.2, -0.15) is 11.1 Å². The molecule has 0 bridgehead atoms. The van der Waals surface area contributed by atoms with Crippen LogP contribution in [-0.4, -0.2) is 14.5 Å². The van der Waals surface area contributed by atoms with Gasteiger partial charge in [-0.3, -0.25) is 0 Å². The van der Waals surface area contributed by atoms with Crippen LogP contribution in [0, 0.1) is 0 Å². The molecule has 0 N–H and O–H groups in total. The molecule has 0 aromatic heterocycles. The summed E-state index contributed by atoms with van der Waals surface area (Å²) >= 11 is 6.32. The molecule has 0 aliphatic rings. The van der Waals surface area contributed by atoms with Gasteiger partial charge in [-0.1, -0.05) is 17.8 Å². The van der Waals surface area contributed by atoms with Crippen LogP contribution in [0.4, 0.5) is 0 Å². The van der Waals surface area contributed by atoms with Crippen molar-refractivity contribution >= 4 is 23.6 Å². The lowest BCUT2D eigenvalue weighted by molar-refractivity contribution is 0.415. The standard InChI is InChI=1S/C10H13ClOSi/c1-4-13(3,11)10-7-5-9(12-2)6-8-10/h4-8H,1H2,2-3H3. The Morgan fingerprint density at radius 3 is 2.31 bits per heavy atom. The molecule has 3 heteroatoms. The van der Waals surface area contributed by atoms with Gasteiger partial charge in [0.05, 0.1) is 7.11 Å². The minimum absolute atomic E-state index is 0.856. The Hall–Kier alpha value is -0.733. The predicted molar refractivity (Wildman–Crippen MR) is 60.3 cm³/mol. The van der Waals surface area contributed by atoms with E-state index in [9.17, 15) is 0 Å². The van der Waals surface area contributed by atoms with Gasteiger partial charge in [-0.15, -0.1) is 6.58 Å². The molecule has 0 radical (unpaired) electrons. The second-order valence-electron chi connectivity index (χ2n) is 3.01. The molecule has 1 atom stereocenters. The van der Waals surface area contributed by atoms with E-state index < -0.39 is 7.38 Å². The molecule has 70 valence electrons. The third-order valence-corrected chi connectivity index (χ3v) is 5.38. The number of ether oxygens (including phenoxy) is 1. The summed E-state index contributed by atoms with van der Waals surface area (Å²) in [4.78, 5) is 0. The average Bonchev–Trinajstić information content (AvgIpc) is 2.18. The van der Waals surface area contributed by atoms with Crippen molar-refractivity contribution in [3.63, 3.8) is 0 Å². The fourth-order valence-corrected chi connectivity index (χ4v) is 2.47. The second kappa shape index (κ2) is 3.98. The molecule has 13 heavy (non-hydrogen) atoms. The van der Waals surface area contributed by atoms with Crippen molar-refractivity contribution in [3.05, 3.63) is 36.5 Å². The maximum atomic E-state index is 6.32. The lowest BCUT2D eigenvalue weighted by atomic mass is 10.3. The van der Waals surface area contributed by atoms with Crippen LogP contribution >= 0.6 is 11.1 Å². The van der Waals surface area contributed by atoms with Gasteiger partial charge in [0.15, 0.2) is 0 Å². The number of hydrogen-bond donors (Lipinski definition) is 0. The molecular weight excluding hydrogens is 200 g/mol. The first kappa shape index (κ1) is 10.3. The van der Waals surface area contributed by atoms with Crippen LogP contribution in [0.2, 0.25) is 6.55 Å². The van der Waals surface area contributed by atoms with Crippen LogP contribution < -0.4 is 9.92 Å². The Bertz CT molecular complexity index is 292. The van der Waals surface area contributed by atoms with E-state index >= 15 is 0 Å². The van der Waals surface area contributed by atoms with Crippen LogP contribution in [0.25, 0.3) is 0 Å². The minimum Gasteiger partial charge on any atom is -0.497 e. The SMILES string of the molecule is C=C[Si](C)(Cl)c1ccc(OC)cc1. The summed E-state index contributed by atoms with van der Waals surface area (Å²) in [5, 5.41) is 1.16. The van der Waals surface area contributed by atoms with E-state index in [0.29, 0.717) is 0 Å². The summed E-state index contributed by atoms with van der Waals surface area (Å²) in [7, 11) is -0.256. The van der Waals surface area contributed by atoms with Crippen molar-refractivity contribution in [3.8, 4) is 5.75 Å². The van der Waals surface area contributed by atoms with Crippen molar-refractivity contribution in [1.29, 1.82) is 0 Å². The number of halogens is 1. The minimum atomic E-state index is -1.91. The molecule has 1 rings (SSSR count). The van der Waals surface area contributed by atoms with E-state index in [1.807, 2.05) is 36.5 Å². The summed E-state index contributed by atoms with van der Waals surface area (Å²) in [6, 6.07) is 7.85. The number of benzene rings is 1. The topological polar surface area (TPSA) is 9.23 Å². The van der Waals surface area contributed by atoms with Gasteiger partial charge < -0.3 is 4.74 Å². The molecule has 1 aromatic carbocycles. The highest BCUT2D eigenvalue weighted by Crippen LogP contribution is 2.13. The maximum Gasteiger partial charge on any atom is 0.206 e. The summed E-state index contributed by atoms with van der Waals surface area (Å²) < 4.78 is 5.06. The molecule has 0 aliphatic heterocycles. The highest BCUT2D eigenvalue weighted by atomic mass is 35.6. The summed E-state index contributed by atoms with van der Waals surface area (Å²) in [6.45, 7) is 5.79. The van der Waals surface area contributed by atoms with Crippen molar-refractivity contribution in [2.75, 3.05) is 7.11 Å². The van der Waals surface area contributed by atoms with Gasteiger partial charge in [0.25, 0.3) is 0 Å². The fraction of sp³-hybridized carbons (Fsp3) is 0.200. The molecule has 0 heterocycles. The Morgan fingerprint density at radius 2 is 1.92 bits per heavy atom. The fourth-order valence-electron chi connectivity index (χ4n) is 1.03. The van der Waals surface area contributed by atoms with Crippen LogP contribution in [-0.2, 0) is 0 Å². The maximum absolute atomic E-state index is 6.32. The highest BCUT2D eigenvalue weighted by molar-refractivity contribution is 7.29. The van der Waals surface area contributed by atoms with Crippen molar-refractivity contribution in [2.24, 2.45) is 0 Å². The third kappa shape index (κ3) is 2.36. The summed E-state index contributed by atoms with van der Waals surface area (Å²) in [5.41, 5.74) is 1.86. The van der Waals surface area contributed by atoms with Crippen LogP contribution in [0.15, 0.2) is 36.5 Å². The first-order valence-electron chi connectivity index (χ1n) is 4.07. The van der Waals surface area contributed by atoms with Crippen molar-refractivity contribution in [1.82, 2.24) is 0 Å². The molecular formula is C10H13ClOSi. The van der Waals surface area contributed by atoms with E-state index in [4.69, 9.17) is 15.8 Å². The van der Waals surface area contributed by atoms with Gasteiger partial charge in [0.1, 0.15) is 5.75 Å². The van der Waals surface area contributed by atoms with E-state index in [-0.39, 0.29) is 0 Å². The molecule has 0 saturated heterocycles. The van der Waals surface area contributed by atoms with Gasteiger partial charge >= 0.3 is 0 Å².